The van der Waals surface area contributed by atoms with Crippen LogP contribution in [0.3, 0.4) is 0 Å². The number of epoxide rings is 1. The quantitative estimate of drug-likeness (QED) is 0.148. The number of methoxy groups -OCH3 is 1. The van der Waals surface area contributed by atoms with Crippen molar-refractivity contribution in [3.05, 3.63) is 0 Å². The molecule has 310 valence electrons. The molecule has 0 aliphatic carbocycles. The van der Waals surface area contributed by atoms with Crippen molar-refractivity contribution in [1.82, 2.24) is 10.6 Å². The maximum absolute atomic E-state index is 14.2. The number of aliphatic hydroxyl groups excluding tert-OH is 2. The smallest absolute Gasteiger partial charge is 0.311 e. The molecule has 0 radical (unpaired) electrons. The molecule has 0 aromatic carbocycles. The van der Waals surface area contributed by atoms with Crippen LogP contribution in [0.4, 0.5) is 0 Å². The average Bonchev–Trinajstić information content (AvgIpc) is 3.91. The number of cyclic esters (lactones) is 1. The summed E-state index contributed by atoms with van der Waals surface area (Å²) in [5.74, 6) is -2.48. The second kappa shape index (κ2) is 17.6. The fourth-order valence-electron chi connectivity index (χ4n) is 9.07. The van der Waals surface area contributed by atoms with Gasteiger partial charge in [0.05, 0.1) is 42.5 Å². The van der Waals surface area contributed by atoms with Crippen LogP contribution >= 0.6 is 0 Å². The molecule has 0 unspecified atom stereocenters. The van der Waals surface area contributed by atoms with Crippen LogP contribution in [0.2, 0.25) is 0 Å². The standard InChI is InChI=1S/C39H72N2O12/c1-13-15-40-27-16-22(4)49-35(30(27)42)53-33-23(5)31(52-29-18-37(10,47-12)39(20-48-39)26(8)50-29)24(6)34(44)51-28(14-2)38(11,46)32(43)25(7)41-19-21(3)17-36(33,9)45/h21-33,35,40-43,45-46H,13-20H2,1-12H3/t21-,22-,23+,24-,25-,26+,27+,28-,29+,30-,31+,32-,33-,35+,36-,37-,38-,39+/m1/s1. The highest BCUT2D eigenvalue weighted by Crippen LogP contribution is 2.51. The first kappa shape index (κ1) is 44.7. The van der Waals surface area contributed by atoms with Crippen LogP contribution in [-0.4, -0.2) is 143 Å². The van der Waals surface area contributed by atoms with Crippen LogP contribution in [0.25, 0.3) is 0 Å². The molecule has 4 aliphatic heterocycles. The molecule has 4 heterocycles. The highest BCUT2D eigenvalue weighted by molar-refractivity contribution is 5.73. The molecular formula is C39H72N2O12. The van der Waals surface area contributed by atoms with Gasteiger partial charge in [-0.2, -0.15) is 0 Å². The van der Waals surface area contributed by atoms with Gasteiger partial charge in [-0.3, -0.25) is 4.79 Å². The van der Waals surface area contributed by atoms with E-state index in [1.807, 2.05) is 34.6 Å². The Hall–Kier alpha value is -1.01. The Kier molecular flexibility index (Phi) is 14.9. The van der Waals surface area contributed by atoms with Crippen molar-refractivity contribution in [3.63, 3.8) is 0 Å². The van der Waals surface area contributed by atoms with E-state index in [1.54, 1.807) is 34.8 Å². The Labute approximate surface area is 317 Å². The summed E-state index contributed by atoms with van der Waals surface area (Å²) in [5.41, 5.74) is -4.69. The van der Waals surface area contributed by atoms with Crippen LogP contribution in [0, 0.1) is 17.8 Å². The number of hydrogen-bond donors (Lipinski definition) is 6. The van der Waals surface area contributed by atoms with Crippen LogP contribution in [0.5, 0.6) is 0 Å². The molecule has 4 rings (SSSR count). The van der Waals surface area contributed by atoms with Gasteiger partial charge in [-0.1, -0.05) is 27.7 Å². The van der Waals surface area contributed by atoms with Crippen molar-refractivity contribution in [2.24, 2.45) is 17.8 Å². The Morgan fingerprint density at radius 1 is 0.981 bits per heavy atom. The minimum atomic E-state index is -1.78. The molecule has 0 aromatic rings. The third-order valence-electron chi connectivity index (χ3n) is 12.6. The molecule has 53 heavy (non-hydrogen) atoms. The molecule has 1 spiro atoms. The van der Waals surface area contributed by atoms with Crippen LogP contribution in [0.1, 0.15) is 108 Å². The molecule has 0 aromatic heterocycles. The van der Waals surface area contributed by atoms with Gasteiger partial charge in [0.1, 0.15) is 35.1 Å². The first-order valence-corrected chi connectivity index (χ1v) is 20.0. The number of carbonyl (C=O) groups is 1. The Bertz CT molecular complexity index is 1190. The SMILES string of the molecule is CCCN[C@H]1C[C@@H](C)O[C@@H](O[C@@H]2[C@@H](C)[C@H](O[C@H]3C[C@@](C)(OC)[C@]4(CO4)[C@H](C)O3)[C@@H](C)C(=O)O[C@H](CC)[C@@](C)(O)[C@H](O)[C@@H](C)NC[C@H](C)C[C@@]2(C)O)[C@@H]1O. The number of nitrogens with one attached hydrogen (secondary N) is 2. The summed E-state index contributed by atoms with van der Waals surface area (Å²) < 4.78 is 44.2. The average molecular weight is 761 g/mol. The summed E-state index contributed by atoms with van der Waals surface area (Å²) in [6.07, 6.45) is -5.65. The third-order valence-corrected chi connectivity index (χ3v) is 12.6. The maximum atomic E-state index is 14.2. The summed E-state index contributed by atoms with van der Waals surface area (Å²) in [7, 11) is 1.63. The van der Waals surface area contributed by atoms with E-state index in [2.05, 4.69) is 17.6 Å². The monoisotopic (exact) mass is 761 g/mol. The fraction of sp³-hybridized carbons (Fsp3) is 0.974. The number of hydrogen-bond acceptors (Lipinski definition) is 14. The van der Waals surface area contributed by atoms with Crippen molar-refractivity contribution in [3.8, 4) is 0 Å². The summed E-state index contributed by atoms with van der Waals surface area (Å²) in [4.78, 5) is 14.2. The predicted molar refractivity (Wildman–Crippen MR) is 197 cm³/mol. The van der Waals surface area contributed by atoms with E-state index in [9.17, 15) is 25.2 Å². The maximum Gasteiger partial charge on any atom is 0.311 e. The molecule has 4 fully saturated rings. The highest BCUT2D eigenvalue weighted by atomic mass is 16.7. The third kappa shape index (κ3) is 9.59. The highest BCUT2D eigenvalue weighted by Gasteiger charge is 2.67. The summed E-state index contributed by atoms with van der Waals surface area (Å²) in [5, 5.41) is 53.8. The van der Waals surface area contributed by atoms with E-state index in [-0.39, 0.29) is 30.9 Å². The Balaban J connectivity index is 1.78. The summed E-state index contributed by atoms with van der Waals surface area (Å²) >= 11 is 0. The van der Waals surface area contributed by atoms with Gasteiger partial charge in [0.2, 0.25) is 0 Å². The lowest BCUT2D eigenvalue weighted by atomic mass is 9.77. The molecule has 6 N–H and O–H groups in total. The van der Waals surface area contributed by atoms with Gasteiger partial charge in [0, 0.05) is 31.5 Å². The molecule has 0 bridgehead atoms. The van der Waals surface area contributed by atoms with Gasteiger partial charge in [0.15, 0.2) is 12.6 Å². The molecule has 18 atom stereocenters. The predicted octanol–water partition coefficient (Wildman–Crippen LogP) is 2.40. The van der Waals surface area contributed by atoms with Crippen LogP contribution in [-0.2, 0) is 38.0 Å². The largest absolute Gasteiger partial charge is 0.459 e. The topological polar surface area (TPSA) is 190 Å². The fourth-order valence-corrected chi connectivity index (χ4v) is 9.07. The van der Waals surface area contributed by atoms with E-state index < -0.39 is 95.5 Å². The van der Waals surface area contributed by atoms with Gasteiger partial charge >= 0.3 is 5.97 Å². The van der Waals surface area contributed by atoms with Gasteiger partial charge < -0.3 is 64.2 Å². The first-order valence-electron chi connectivity index (χ1n) is 20.0. The first-order chi connectivity index (χ1) is 24.7. The number of esters is 1. The van der Waals surface area contributed by atoms with Crippen LogP contribution < -0.4 is 10.6 Å². The molecular weight excluding hydrogens is 688 g/mol. The van der Waals surface area contributed by atoms with Crippen LogP contribution in [0.15, 0.2) is 0 Å². The molecule has 14 heteroatoms. The van der Waals surface area contributed by atoms with E-state index in [4.69, 9.17) is 33.2 Å². The number of carbonyl (C=O) groups excluding carboxylic acids is 1. The zero-order chi connectivity index (χ0) is 39.7. The minimum absolute atomic E-state index is 0.139. The molecule has 0 amide bonds. The van der Waals surface area contributed by atoms with Gasteiger partial charge in [-0.05, 0) is 93.2 Å². The Morgan fingerprint density at radius 2 is 1.64 bits per heavy atom. The molecule has 4 saturated heterocycles. The zero-order valence-corrected chi connectivity index (χ0v) is 34.3. The van der Waals surface area contributed by atoms with Crippen molar-refractivity contribution in [2.45, 2.75) is 198 Å². The van der Waals surface area contributed by atoms with E-state index in [0.717, 1.165) is 6.42 Å². The lowest BCUT2D eigenvalue weighted by molar-refractivity contribution is -0.312. The van der Waals surface area contributed by atoms with Gasteiger partial charge in [-0.25, -0.2) is 0 Å². The van der Waals surface area contributed by atoms with Crippen molar-refractivity contribution < 1.29 is 58.4 Å². The number of rotatable bonds is 9. The molecule has 4 aliphatic rings. The lowest BCUT2D eigenvalue weighted by Crippen LogP contribution is -2.61. The van der Waals surface area contributed by atoms with E-state index in [1.165, 1.54) is 6.92 Å². The lowest BCUT2D eigenvalue weighted by Gasteiger charge is -2.49. The summed E-state index contributed by atoms with van der Waals surface area (Å²) in [6.45, 7) is 21.7. The van der Waals surface area contributed by atoms with Gasteiger partial charge in [0.25, 0.3) is 0 Å². The Morgan fingerprint density at radius 3 is 2.23 bits per heavy atom. The number of aliphatic hydroxyl groups is 4. The normalized spacial score (nSPS) is 50.6. The number of ether oxygens (including phenoxy) is 7. The van der Waals surface area contributed by atoms with E-state index >= 15 is 0 Å². The second-order valence-electron chi connectivity index (χ2n) is 17.3. The summed E-state index contributed by atoms with van der Waals surface area (Å²) in [6, 6.07) is -0.864. The van der Waals surface area contributed by atoms with Crippen molar-refractivity contribution >= 4 is 5.97 Å². The van der Waals surface area contributed by atoms with Crippen molar-refractivity contribution in [2.75, 3.05) is 26.8 Å². The van der Waals surface area contributed by atoms with E-state index in [0.29, 0.717) is 32.5 Å². The molecule has 0 saturated carbocycles. The molecule has 14 nitrogen and oxygen atoms in total. The van der Waals surface area contributed by atoms with Crippen molar-refractivity contribution in [1.29, 1.82) is 0 Å². The minimum Gasteiger partial charge on any atom is -0.459 e. The zero-order valence-electron chi connectivity index (χ0n) is 34.3. The second-order valence-corrected chi connectivity index (χ2v) is 17.3. The van der Waals surface area contributed by atoms with Gasteiger partial charge in [-0.15, -0.1) is 0 Å².